The minimum absolute atomic E-state index is 0.0389. The molecule has 0 saturated carbocycles. The van der Waals surface area contributed by atoms with Crippen molar-refractivity contribution in [1.82, 2.24) is 0 Å². The van der Waals surface area contributed by atoms with E-state index in [-0.39, 0.29) is 31.1 Å². The summed E-state index contributed by atoms with van der Waals surface area (Å²) in [5.41, 5.74) is -1.80. The lowest BCUT2D eigenvalue weighted by molar-refractivity contribution is -0.274. The van der Waals surface area contributed by atoms with Crippen molar-refractivity contribution in [2.24, 2.45) is 5.92 Å². The van der Waals surface area contributed by atoms with Crippen LogP contribution in [0.1, 0.15) is 26.7 Å². The van der Waals surface area contributed by atoms with Crippen molar-refractivity contribution in [2.45, 2.75) is 44.7 Å². The SMILES string of the molecule is C#CC(=O)N(c1ccc(OC(F)(F)F)c(Cl)c1)C1(C(=O)O)CCOC(C(C)C)C1. The second-order valence-electron chi connectivity index (χ2n) is 6.89. The van der Waals surface area contributed by atoms with Gasteiger partial charge in [-0.3, -0.25) is 9.69 Å². The zero-order valence-electron chi connectivity index (χ0n) is 15.6. The first-order valence-electron chi connectivity index (χ1n) is 8.62. The molecule has 0 bridgehead atoms. The van der Waals surface area contributed by atoms with Crippen LogP contribution >= 0.6 is 11.6 Å². The molecule has 0 radical (unpaired) electrons. The summed E-state index contributed by atoms with van der Waals surface area (Å²) in [6, 6.07) is 3.02. The van der Waals surface area contributed by atoms with Gasteiger partial charge in [0.05, 0.1) is 11.1 Å². The van der Waals surface area contributed by atoms with Crippen LogP contribution < -0.4 is 9.64 Å². The Morgan fingerprint density at radius 1 is 1.45 bits per heavy atom. The van der Waals surface area contributed by atoms with Crippen molar-refractivity contribution in [3.8, 4) is 18.1 Å². The van der Waals surface area contributed by atoms with Gasteiger partial charge in [0, 0.05) is 25.1 Å². The van der Waals surface area contributed by atoms with E-state index < -0.39 is 40.7 Å². The number of carboxylic acid groups (broad SMARTS) is 1. The molecule has 2 atom stereocenters. The molecule has 0 spiro atoms. The van der Waals surface area contributed by atoms with Crippen molar-refractivity contribution in [2.75, 3.05) is 11.5 Å². The summed E-state index contributed by atoms with van der Waals surface area (Å²) in [6.07, 6.45) is -0.285. The Kier molecular flexibility index (Phi) is 6.71. The monoisotopic (exact) mass is 433 g/mol. The predicted molar refractivity (Wildman–Crippen MR) is 98.6 cm³/mol. The molecule has 1 aliphatic rings. The van der Waals surface area contributed by atoms with Crippen LogP contribution in [0.2, 0.25) is 5.02 Å². The number of anilines is 1. The maximum Gasteiger partial charge on any atom is 0.573 e. The Bertz CT molecular complexity index is 836. The molecule has 6 nitrogen and oxygen atoms in total. The molecule has 0 aromatic heterocycles. The van der Waals surface area contributed by atoms with Crippen molar-refractivity contribution in [3.63, 3.8) is 0 Å². The van der Waals surface area contributed by atoms with Gasteiger partial charge in [-0.25, -0.2) is 4.79 Å². The molecule has 2 unspecified atom stereocenters. The Balaban J connectivity index is 2.55. The number of hydrogen-bond acceptors (Lipinski definition) is 4. The summed E-state index contributed by atoms with van der Waals surface area (Å²) in [7, 11) is 0. The molecule has 0 aliphatic carbocycles. The number of benzene rings is 1. The Hall–Kier alpha value is -2.44. The van der Waals surface area contributed by atoms with Crippen LogP contribution in [0, 0.1) is 18.3 Å². The lowest BCUT2D eigenvalue weighted by Crippen LogP contribution is -2.62. The smallest absolute Gasteiger partial charge is 0.479 e. The average Bonchev–Trinajstić information content (AvgIpc) is 2.63. The summed E-state index contributed by atoms with van der Waals surface area (Å²) in [5.74, 6) is -1.11. The number of carboxylic acids is 1. The number of amides is 1. The first-order chi connectivity index (χ1) is 13.4. The number of rotatable bonds is 5. The fraction of sp³-hybridized carbons (Fsp3) is 0.474. The Morgan fingerprint density at radius 2 is 2.10 bits per heavy atom. The van der Waals surface area contributed by atoms with Gasteiger partial charge in [0.25, 0.3) is 0 Å². The summed E-state index contributed by atoms with van der Waals surface area (Å²) in [6.45, 7) is 3.75. The molecule has 1 amide bonds. The van der Waals surface area contributed by atoms with Crippen LogP contribution in [0.15, 0.2) is 18.2 Å². The standard InChI is InChI=1S/C19H19ClF3NO5/c1-4-16(25)24(12-5-6-14(13(20)9-12)29-19(21,22)23)18(17(26)27)7-8-28-15(10-18)11(2)3/h1,5-6,9,11,15H,7-8,10H2,2-3H3,(H,26,27). The number of carbonyl (C=O) groups is 2. The number of carbonyl (C=O) groups excluding carboxylic acids is 1. The first kappa shape index (κ1) is 22.8. The maximum absolute atomic E-state index is 12.6. The molecule has 1 aliphatic heterocycles. The topological polar surface area (TPSA) is 76.1 Å². The Labute approximate surface area is 170 Å². The summed E-state index contributed by atoms with van der Waals surface area (Å²) < 4.78 is 46.9. The minimum Gasteiger partial charge on any atom is -0.479 e. The van der Waals surface area contributed by atoms with Gasteiger partial charge >= 0.3 is 18.2 Å². The number of terminal acetylenes is 1. The number of aliphatic carboxylic acids is 1. The largest absolute Gasteiger partial charge is 0.573 e. The molecule has 1 N–H and O–H groups in total. The normalized spacial score (nSPS) is 22.1. The van der Waals surface area contributed by atoms with Gasteiger partial charge in [-0.2, -0.15) is 0 Å². The van der Waals surface area contributed by atoms with Gasteiger partial charge in [-0.05, 0) is 30.0 Å². The van der Waals surface area contributed by atoms with Crippen molar-refractivity contribution in [1.29, 1.82) is 0 Å². The highest BCUT2D eigenvalue weighted by Crippen LogP contribution is 2.40. The van der Waals surface area contributed by atoms with Crippen molar-refractivity contribution < 1.29 is 37.3 Å². The highest BCUT2D eigenvalue weighted by Gasteiger charge is 2.51. The molecular weight excluding hydrogens is 415 g/mol. The number of alkyl halides is 3. The van der Waals surface area contributed by atoms with Gasteiger partial charge in [0.15, 0.2) is 5.54 Å². The highest BCUT2D eigenvalue weighted by molar-refractivity contribution is 6.32. The van der Waals surface area contributed by atoms with Crippen molar-refractivity contribution >= 4 is 29.2 Å². The molecule has 1 aromatic rings. The van der Waals surface area contributed by atoms with E-state index in [1.807, 2.05) is 19.8 Å². The summed E-state index contributed by atoms with van der Waals surface area (Å²) in [4.78, 5) is 25.7. The van der Waals surface area contributed by atoms with Crippen LogP contribution in [0.5, 0.6) is 5.75 Å². The fourth-order valence-corrected chi connectivity index (χ4v) is 3.47. The molecule has 1 heterocycles. The van der Waals surface area contributed by atoms with Crippen LogP contribution in [-0.4, -0.2) is 41.6 Å². The van der Waals surface area contributed by atoms with E-state index in [0.717, 1.165) is 23.1 Å². The zero-order chi connectivity index (χ0) is 22.0. The third-order valence-electron chi connectivity index (χ3n) is 4.68. The molecule has 29 heavy (non-hydrogen) atoms. The highest BCUT2D eigenvalue weighted by atomic mass is 35.5. The predicted octanol–water partition coefficient (Wildman–Crippen LogP) is 3.86. The number of ether oxygens (including phenoxy) is 2. The molecule has 10 heteroatoms. The summed E-state index contributed by atoms with van der Waals surface area (Å²) in [5, 5.41) is 9.56. The number of halogens is 4. The van der Waals surface area contributed by atoms with Gasteiger partial charge in [-0.15, -0.1) is 19.6 Å². The van der Waals surface area contributed by atoms with Gasteiger partial charge in [0.1, 0.15) is 5.75 Å². The van der Waals surface area contributed by atoms with Crippen LogP contribution in [0.4, 0.5) is 18.9 Å². The fourth-order valence-electron chi connectivity index (χ4n) is 3.25. The van der Waals surface area contributed by atoms with E-state index in [2.05, 4.69) is 4.74 Å². The van der Waals surface area contributed by atoms with Crippen LogP contribution in [0.3, 0.4) is 0 Å². The van der Waals surface area contributed by atoms with Gasteiger partial charge < -0.3 is 14.6 Å². The maximum atomic E-state index is 12.6. The van der Waals surface area contributed by atoms with Crippen LogP contribution in [0.25, 0.3) is 0 Å². The van der Waals surface area contributed by atoms with E-state index in [9.17, 15) is 27.9 Å². The Morgan fingerprint density at radius 3 is 2.59 bits per heavy atom. The van der Waals surface area contributed by atoms with Crippen molar-refractivity contribution in [3.05, 3.63) is 23.2 Å². The second-order valence-corrected chi connectivity index (χ2v) is 7.30. The molecule has 1 aromatic carbocycles. The van der Waals surface area contributed by atoms with E-state index in [1.165, 1.54) is 0 Å². The third-order valence-corrected chi connectivity index (χ3v) is 4.98. The quantitative estimate of drug-likeness (QED) is 0.713. The first-order valence-corrected chi connectivity index (χ1v) is 9.00. The molecule has 1 fully saturated rings. The van der Waals surface area contributed by atoms with E-state index in [4.69, 9.17) is 22.8 Å². The number of nitrogens with zero attached hydrogens (tertiary/aromatic N) is 1. The van der Waals surface area contributed by atoms with E-state index in [1.54, 1.807) is 0 Å². The lowest BCUT2D eigenvalue weighted by Gasteiger charge is -2.45. The molecule has 1 saturated heterocycles. The second kappa shape index (κ2) is 8.51. The molecule has 158 valence electrons. The van der Waals surface area contributed by atoms with E-state index >= 15 is 0 Å². The van der Waals surface area contributed by atoms with Crippen LogP contribution in [-0.2, 0) is 14.3 Å². The van der Waals surface area contributed by atoms with Gasteiger partial charge in [0.2, 0.25) is 0 Å². The van der Waals surface area contributed by atoms with Gasteiger partial charge in [-0.1, -0.05) is 25.4 Å². The lowest BCUT2D eigenvalue weighted by atomic mass is 9.81. The average molecular weight is 434 g/mol. The molecular formula is C19H19ClF3NO5. The summed E-state index contributed by atoms with van der Waals surface area (Å²) >= 11 is 5.88. The number of hydrogen-bond donors (Lipinski definition) is 1. The third kappa shape index (κ3) is 4.95. The zero-order valence-corrected chi connectivity index (χ0v) is 16.4. The minimum atomic E-state index is -4.97. The molecule has 2 rings (SSSR count). The van der Waals surface area contributed by atoms with E-state index in [0.29, 0.717) is 0 Å².